The zero-order valence-corrected chi connectivity index (χ0v) is 31.9. The molecule has 0 saturated heterocycles. The molecule has 0 unspecified atom stereocenters. The highest BCUT2D eigenvalue weighted by atomic mass is 16.3. The van der Waals surface area contributed by atoms with E-state index in [-0.39, 0.29) is 49.5 Å². The topological polar surface area (TPSA) is 29.5 Å². The van der Waals surface area contributed by atoms with Crippen molar-refractivity contribution in [2.24, 2.45) is 0 Å². The van der Waals surface area contributed by atoms with Gasteiger partial charge in [0.2, 0.25) is 0 Å². The smallest absolute Gasteiger partial charge is 0.143 e. The first-order chi connectivity index (χ1) is 36.9. The quantitative estimate of drug-likeness (QED) is 0.161. The average molecular weight is 796 g/mol. The molecule has 0 radical (unpaired) electrons. The van der Waals surface area contributed by atoms with Crippen molar-refractivity contribution in [3.63, 3.8) is 0 Å². The molecule has 3 nitrogen and oxygen atoms in total. The third-order valence-corrected chi connectivity index (χ3v) is 11.0. The van der Waals surface area contributed by atoms with Crippen molar-refractivity contribution in [2.75, 3.05) is 4.90 Å². The third kappa shape index (κ3) is 5.90. The summed E-state index contributed by atoms with van der Waals surface area (Å²) in [7, 11) is 0. The standard InChI is InChI=1S/C58H37NO2/c1-4-15-38(16-5-1)40-27-31-44(32-28-40)59(45-33-29-42(30-34-45)46-24-14-25-50-48-22-12-13-26-54(48)60-57(46)50)53-35-43(39-17-6-2-7-18-39)36-55-56(53)52-37-51(41-19-8-3-9-20-41)47-21-10-11-23-49(47)58(52)61-55/h1-37H/i2D,3D,6D,7D,8D,9D,10D,11D,17D,18D,19D,20D,21D,23D,35D,36D. The van der Waals surface area contributed by atoms with Gasteiger partial charge in [-0.05, 0) is 92.8 Å². The molecule has 10 aromatic carbocycles. The van der Waals surface area contributed by atoms with Gasteiger partial charge in [-0.2, -0.15) is 0 Å². The van der Waals surface area contributed by atoms with Crippen molar-refractivity contribution < 1.29 is 30.8 Å². The molecule has 0 amide bonds. The second-order valence-electron chi connectivity index (χ2n) is 14.4. The minimum absolute atomic E-state index is 0.00282. The molecule has 286 valence electrons. The number of fused-ring (bicyclic) bond motifs is 8. The summed E-state index contributed by atoms with van der Waals surface area (Å²) in [6, 6.07) is 28.6. The largest absolute Gasteiger partial charge is 0.455 e. The summed E-state index contributed by atoms with van der Waals surface area (Å²) in [5.74, 6) is 0. The first-order valence-electron chi connectivity index (χ1n) is 27.4. The number of furan rings is 2. The van der Waals surface area contributed by atoms with E-state index < -0.39 is 108 Å². The SMILES string of the molecule is [2H]c1c([2H])c([2H])c(-c2c([2H])c(N(c3ccc(-c4ccccc4)cc3)c3ccc(-c4cccc5c4oc4ccccc45)cc3)c3c(oc4c3cc(-c3c([2H])c([2H])c([2H])c([2H])c3[2H])c3c([2H])c([2H])c([2H])c([2H])c34)c2[2H])c([2H])c1[2H]. The van der Waals surface area contributed by atoms with Gasteiger partial charge in [0.05, 0.1) is 33.0 Å². The summed E-state index contributed by atoms with van der Waals surface area (Å²) in [6.07, 6.45) is 0. The molecule has 61 heavy (non-hydrogen) atoms. The Kier molecular flexibility index (Phi) is 5.23. The molecule has 12 rings (SSSR count). The fraction of sp³-hybridized carbons (Fsp3) is 0. The monoisotopic (exact) mass is 795 g/mol. The van der Waals surface area contributed by atoms with Crippen LogP contribution in [0.2, 0.25) is 0 Å². The highest BCUT2D eigenvalue weighted by molar-refractivity contribution is 6.23. The average Bonchev–Trinajstić information content (AvgIpc) is 4.27. The van der Waals surface area contributed by atoms with Gasteiger partial charge in [0.25, 0.3) is 0 Å². The van der Waals surface area contributed by atoms with E-state index in [1.165, 1.54) is 6.07 Å². The summed E-state index contributed by atoms with van der Waals surface area (Å²) in [4.78, 5) is 1.69. The molecular formula is C58H37NO2. The van der Waals surface area contributed by atoms with Crippen molar-refractivity contribution in [2.45, 2.75) is 0 Å². The zero-order valence-electron chi connectivity index (χ0n) is 47.9. The molecule has 0 bridgehead atoms. The summed E-state index contributed by atoms with van der Waals surface area (Å²) in [5, 5.41) is 1.31. The van der Waals surface area contributed by atoms with Crippen LogP contribution in [0.4, 0.5) is 17.1 Å². The Morgan fingerprint density at radius 3 is 1.72 bits per heavy atom. The molecule has 0 aliphatic rings. The second kappa shape index (κ2) is 14.3. The first-order valence-corrected chi connectivity index (χ1v) is 19.4. The molecule has 0 spiro atoms. The van der Waals surface area contributed by atoms with E-state index in [1.807, 2.05) is 109 Å². The molecule has 3 heteroatoms. The Balaban J connectivity index is 1.25. The Morgan fingerprint density at radius 2 is 0.967 bits per heavy atom. The van der Waals surface area contributed by atoms with E-state index in [0.29, 0.717) is 22.5 Å². The van der Waals surface area contributed by atoms with E-state index >= 15 is 0 Å². The van der Waals surface area contributed by atoms with Gasteiger partial charge in [-0.25, -0.2) is 0 Å². The fourth-order valence-corrected chi connectivity index (χ4v) is 8.17. The van der Waals surface area contributed by atoms with Gasteiger partial charge in [-0.3, -0.25) is 0 Å². The van der Waals surface area contributed by atoms with Crippen LogP contribution in [0.3, 0.4) is 0 Å². The van der Waals surface area contributed by atoms with Crippen molar-refractivity contribution in [1.82, 2.24) is 0 Å². The van der Waals surface area contributed by atoms with Gasteiger partial charge in [0.15, 0.2) is 0 Å². The first kappa shape index (κ1) is 22.3. The van der Waals surface area contributed by atoms with Crippen molar-refractivity contribution >= 4 is 71.7 Å². The van der Waals surface area contributed by atoms with Gasteiger partial charge >= 0.3 is 0 Å². The molecule has 0 atom stereocenters. The number of hydrogen-bond acceptors (Lipinski definition) is 3. The van der Waals surface area contributed by atoms with Crippen molar-refractivity contribution in [3.05, 3.63) is 224 Å². The van der Waals surface area contributed by atoms with Crippen molar-refractivity contribution in [3.8, 4) is 44.5 Å². The summed E-state index contributed by atoms with van der Waals surface area (Å²) in [6.45, 7) is 0. The summed E-state index contributed by atoms with van der Waals surface area (Å²) in [5.41, 5.74) is 3.40. The fourth-order valence-electron chi connectivity index (χ4n) is 8.17. The lowest BCUT2D eigenvalue weighted by Crippen LogP contribution is -2.10. The number of anilines is 3. The second-order valence-corrected chi connectivity index (χ2v) is 14.4. The molecule has 0 N–H and O–H groups in total. The minimum atomic E-state index is -0.722. The number of hydrogen-bond donors (Lipinski definition) is 0. The molecule has 12 aromatic rings. The lowest BCUT2D eigenvalue weighted by molar-refractivity contribution is 0.670. The Morgan fingerprint density at radius 1 is 0.361 bits per heavy atom. The maximum atomic E-state index is 10.4. The van der Waals surface area contributed by atoms with E-state index in [9.17, 15) is 5.48 Å². The van der Waals surface area contributed by atoms with Crippen LogP contribution in [0.25, 0.3) is 99.2 Å². The Labute approximate surface area is 375 Å². The molecule has 2 aromatic heterocycles. The molecule has 0 saturated carbocycles. The van der Waals surface area contributed by atoms with Gasteiger partial charge in [0, 0.05) is 38.5 Å². The van der Waals surface area contributed by atoms with Crippen LogP contribution in [-0.4, -0.2) is 0 Å². The lowest BCUT2D eigenvalue weighted by atomic mass is 9.94. The van der Waals surface area contributed by atoms with Crippen LogP contribution in [0.15, 0.2) is 233 Å². The predicted octanol–water partition coefficient (Wildman–Crippen LogP) is 16.8. The predicted molar refractivity (Wildman–Crippen MR) is 255 cm³/mol. The number of nitrogens with zero attached hydrogens (tertiary/aromatic N) is 1. The van der Waals surface area contributed by atoms with Gasteiger partial charge in [0.1, 0.15) is 22.3 Å². The molecular weight excluding hydrogens is 743 g/mol. The van der Waals surface area contributed by atoms with Crippen molar-refractivity contribution in [1.29, 1.82) is 0 Å². The van der Waals surface area contributed by atoms with Crippen LogP contribution in [0.1, 0.15) is 21.9 Å². The summed E-state index contributed by atoms with van der Waals surface area (Å²) >= 11 is 0. The van der Waals surface area contributed by atoms with Gasteiger partial charge in [-0.15, -0.1) is 0 Å². The van der Waals surface area contributed by atoms with E-state index in [4.69, 9.17) is 25.3 Å². The normalized spacial score (nSPS) is 15.3. The Hall–Kier alpha value is -8.14. The van der Waals surface area contributed by atoms with Gasteiger partial charge in [-0.1, -0.05) is 176 Å². The number of rotatable bonds is 7. The third-order valence-electron chi connectivity index (χ3n) is 11.0. The molecule has 2 heterocycles. The zero-order chi connectivity index (χ0) is 54.2. The van der Waals surface area contributed by atoms with Crippen LogP contribution in [-0.2, 0) is 0 Å². The van der Waals surface area contributed by atoms with E-state index in [2.05, 4.69) is 0 Å². The summed E-state index contributed by atoms with van der Waals surface area (Å²) < 4.78 is 158. The van der Waals surface area contributed by atoms with E-state index in [1.54, 1.807) is 17.0 Å². The van der Waals surface area contributed by atoms with Crippen LogP contribution in [0.5, 0.6) is 0 Å². The molecule has 0 aliphatic heterocycles. The Bertz CT molecular complexity index is 4460. The van der Waals surface area contributed by atoms with Gasteiger partial charge < -0.3 is 13.7 Å². The number of benzene rings is 10. The van der Waals surface area contributed by atoms with Crippen LogP contribution >= 0.6 is 0 Å². The number of para-hydroxylation sites is 2. The highest BCUT2D eigenvalue weighted by Gasteiger charge is 2.24. The van der Waals surface area contributed by atoms with Crippen LogP contribution < -0.4 is 4.90 Å². The van der Waals surface area contributed by atoms with Crippen LogP contribution in [0, 0.1) is 0 Å². The maximum absolute atomic E-state index is 10.4. The molecule has 0 fully saturated rings. The lowest BCUT2D eigenvalue weighted by Gasteiger charge is -2.27. The van der Waals surface area contributed by atoms with E-state index in [0.717, 1.165) is 33.0 Å². The molecule has 0 aliphatic carbocycles. The highest BCUT2D eigenvalue weighted by Crippen LogP contribution is 2.48. The maximum Gasteiger partial charge on any atom is 0.143 e. The minimum Gasteiger partial charge on any atom is -0.455 e.